The second kappa shape index (κ2) is 9.84. The first-order valence-electron chi connectivity index (χ1n) is 6.71. The smallest absolute Gasteiger partial charge is 0.120 e. The summed E-state index contributed by atoms with van der Waals surface area (Å²) in [5.41, 5.74) is 2.80. The van der Waals surface area contributed by atoms with E-state index < -0.39 is 0 Å². The maximum absolute atomic E-state index is 5.90. The molecule has 0 heterocycles. The maximum atomic E-state index is 5.90. The Labute approximate surface area is 120 Å². The van der Waals surface area contributed by atoms with Gasteiger partial charge in [0.25, 0.3) is 0 Å². The van der Waals surface area contributed by atoms with Crippen molar-refractivity contribution in [1.29, 1.82) is 0 Å². The number of nitrogens with two attached hydrogens (primary N) is 1. The van der Waals surface area contributed by atoms with Crippen molar-refractivity contribution < 1.29 is 4.74 Å². The lowest BCUT2D eigenvalue weighted by atomic mass is 10.1. The standard InChI is InChI=1S/C15H23ClN2O/c1-2-3-4-5-6-9-14(18-17)12-19-15-10-7-8-13(16)11-15/h2,7-8,10-11,14,18H,1,3-6,9,12,17H2. The number of hydrogen-bond donors (Lipinski definition) is 2. The first-order valence-corrected chi connectivity index (χ1v) is 7.09. The number of unbranched alkanes of at least 4 members (excludes halogenated alkanes) is 3. The van der Waals surface area contributed by atoms with Crippen LogP contribution in [0.15, 0.2) is 36.9 Å². The molecule has 0 aliphatic heterocycles. The Morgan fingerprint density at radius 2 is 2.21 bits per heavy atom. The molecule has 19 heavy (non-hydrogen) atoms. The molecule has 0 saturated carbocycles. The van der Waals surface area contributed by atoms with Gasteiger partial charge in [-0.1, -0.05) is 36.6 Å². The molecule has 0 fully saturated rings. The number of benzene rings is 1. The van der Waals surface area contributed by atoms with Crippen LogP contribution in [0.25, 0.3) is 0 Å². The van der Waals surface area contributed by atoms with Crippen molar-refractivity contribution in [3.05, 3.63) is 41.9 Å². The molecule has 1 atom stereocenters. The van der Waals surface area contributed by atoms with Crippen molar-refractivity contribution in [1.82, 2.24) is 5.43 Å². The molecule has 4 heteroatoms. The summed E-state index contributed by atoms with van der Waals surface area (Å²) in [7, 11) is 0. The summed E-state index contributed by atoms with van der Waals surface area (Å²) in [6.07, 6.45) is 7.58. The molecule has 0 spiro atoms. The van der Waals surface area contributed by atoms with Crippen LogP contribution in [0.5, 0.6) is 5.75 Å². The van der Waals surface area contributed by atoms with Crippen LogP contribution in [0.4, 0.5) is 0 Å². The fourth-order valence-electron chi connectivity index (χ4n) is 1.82. The van der Waals surface area contributed by atoms with E-state index in [4.69, 9.17) is 22.2 Å². The largest absolute Gasteiger partial charge is 0.492 e. The number of hydrogen-bond acceptors (Lipinski definition) is 3. The van der Waals surface area contributed by atoms with Crippen LogP contribution in [0.1, 0.15) is 32.1 Å². The quantitative estimate of drug-likeness (QED) is 0.298. The average Bonchev–Trinajstić information content (AvgIpc) is 2.42. The molecule has 0 aliphatic rings. The van der Waals surface area contributed by atoms with Crippen LogP contribution in [0, 0.1) is 0 Å². The maximum Gasteiger partial charge on any atom is 0.120 e. The van der Waals surface area contributed by atoms with Gasteiger partial charge in [0, 0.05) is 5.02 Å². The second-order valence-corrected chi connectivity index (χ2v) is 5.00. The zero-order valence-electron chi connectivity index (χ0n) is 11.3. The van der Waals surface area contributed by atoms with Gasteiger partial charge in [-0.25, -0.2) is 0 Å². The number of halogens is 1. The molecule has 3 N–H and O–H groups in total. The molecule has 3 nitrogen and oxygen atoms in total. The molecule has 0 radical (unpaired) electrons. The minimum Gasteiger partial charge on any atom is -0.492 e. The second-order valence-electron chi connectivity index (χ2n) is 4.56. The van der Waals surface area contributed by atoms with E-state index >= 15 is 0 Å². The van der Waals surface area contributed by atoms with E-state index in [1.807, 2.05) is 24.3 Å². The van der Waals surface area contributed by atoms with Crippen LogP contribution in [-0.2, 0) is 0 Å². The summed E-state index contributed by atoms with van der Waals surface area (Å²) in [4.78, 5) is 0. The van der Waals surface area contributed by atoms with Gasteiger partial charge in [-0.3, -0.25) is 11.3 Å². The first kappa shape index (κ1) is 16.0. The van der Waals surface area contributed by atoms with Crippen molar-refractivity contribution in [2.75, 3.05) is 6.61 Å². The number of rotatable bonds is 10. The van der Waals surface area contributed by atoms with Gasteiger partial charge in [0.2, 0.25) is 0 Å². The van der Waals surface area contributed by atoms with Gasteiger partial charge in [0.1, 0.15) is 12.4 Å². The Balaban J connectivity index is 2.22. The average molecular weight is 283 g/mol. The summed E-state index contributed by atoms with van der Waals surface area (Å²) in [5, 5.41) is 0.680. The SMILES string of the molecule is C=CCCCCCC(COc1cccc(Cl)c1)NN. The van der Waals surface area contributed by atoms with Gasteiger partial charge < -0.3 is 4.74 Å². The molecule has 106 valence electrons. The monoisotopic (exact) mass is 282 g/mol. The van der Waals surface area contributed by atoms with E-state index in [1.54, 1.807) is 6.07 Å². The Bertz CT molecular complexity index is 371. The van der Waals surface area contributed by atoms with Crippen molar-refractivity contribution in [2.24, 2.45) is 5.84 Å². The number of hydrazine groups is 1. The normalized spacial score (nSPS) is 12.1. The summed E-state index contributed by atoms with van der Waals surface area (Å²) < 4.78 is 5.67. The zero-order valence-corrected chi connectivity index (χ0v) is 12.0. The lowest BCUT2D eigenvalue weighted by Gasteiger charge is -2.16. The topological polar surface area (TPSA) is 47.3 Å². The highest BCUT2D eigenvalue weighted by Gasteiger charge is 2.07. The Hall–Kier alpha value is -1.03. The molecule has 1 unspecified atom stereocenters. The third kappa shape index (κ3) is 7.21. The molecule has 0 bridgehead atoms. The third-order valence-corrected chi connectivity index (χ3v) is 3.18. The van der Waals surface area contributed by atoms with Crippen molar-refractivity contribution in [2.45, 2.75) is 38.1 Å². The number of nitrogens with one attached hydrogen (secondary N) is 1. The van der Waals surface area contributed by atoms with E-state index in [9.17, 15) is 0 Å². The van der Waals surface area contributed by atoms with Crippen LogP contribution in [-0.4, -0.2) is 12.6 Å². The lowest BCUT2D eigenvalue weighted by molar-refractivity contribution is 0.254. The van der Waals surface area contributed by atoms with Gasteiger partial charge >= 0.3 is 0 Å². The molecule has 1 rings (SSSR count). The zero-order chi connectivity index (χ0) is 13.9. The molecule has 0 aromatic heterocycles. The Morgan fingerprint density at radius 3 is 2.89 bits per heavy atom. The first-order chi connectivity index (χ1) is 9.26. The van der Waals surface area contributed by atoms with Crippen molar-refractivity contribution in [3.8, 4) is 5.75 Å². The minimum atomic E-state index is 0.169. The van der Waals surface area contributed by atoms with Gasteiger partial charge in [0.15, 0.2) is 0 Å². The molecule has 0 saturated heterocycles. The van der Waals surface area contributed by atoms with Crippen molar-refractivity contribution >= 4 is 11.6 Å². The van der Waals surface area contributed by atoms with Gasteiger partial charge in [0.05, 0.1) is 6.04 Å². The number of ether oxygens (including phenoxy) is 1. The van der Waals surface area contributed by atoms with Gasteiger partial charge in [-0.15, -0.1) is 6.58 Å². The van der Waals surface area contributed by atoms with Crippen LogP contribution >= 0.6 is 11.6 Å². The summed E-state index contributed by atoms with van der Waals surface area (Å²) in [5.74, 6) is 6.31. The summed E-state index contributed by atoms with van der Waals surface area (Å²) in [6.45, 7) is 4.27. The molecular formula is C15H23ClN2O. The Morgan fingerprint density at radius 1 is 1.37 bits per heavy atom. The van der Waals surface area contributed by atoms with E-state index in [2.05, 4.69) is 12.0 Å². The van der Waals surface area contributed by atoms with Gasteiger partial charge in [-0.2, -0.15) is 0 Å². The lowest BCUT2D eigenvalue weighted by Crippen LogP contribution is -2.39. The Kier molecular flexibility index (Phi) is 8.30. The highest BCUT2D eigenvalue weighted by Crippen LogP contribution is 2.17. The predicted molar refractivity (Wildman–Crippen MR) is 81.3 cm³/mol. The van der Waals surface area contributed by atoms with E-state index in [0.717, 1.165) is 25.0 Å². The highest BCUT2D eigenvalue weighted by atomic mass is 35.5. The minimum absolute atomic E-state index is 0.169. The summed E-state index contributed by atoms with van der Waals surface area (Å²) >= 11 is 5.90. The molecule has 0 amide bonds. The van der Waals surface area contributed by atoms with E-state index in [1.165, 1.54) is 12.8 Å². The van der Waals surface area contributed by atoms with Gasteiger partial charge in [-0.05, 0) is 37.5 Å². The predicted octanol–water partition coefficient (Wildman–Crippen LogP) is 3.69. The highest BCUT2D eigenvalue weighted by molar-refractivity contribution is 6.30. The molecule has 1 aromatic carbocycles. The fourth-order valence-corrected chi connectivity index (χ4v) is 2.00. The van der Waals surface area contributed by atoms with Crippen LogP contribution in [0.2, 0.25) is 5.02 Å². The van der Waals surface area contributed by atoms with E-state index in [0.29, 0.717) is 11.6 Å². The van der Waals surface area contributed by atoms with E-state index in [-0.39, 0.29) is 6.04 Å². The third-order valence-electron chi connectivity index (χ3n) is 2.94. The number of allylic oxidation sites excluding steroid dienone is 1. The summed E-state index contributed by atoms with van der Waals surface area (Å²) in [6, 6.07) is 7.57. The molecule has 1 aromatic rings. The van der Waals surface area contributed by atoms with Crippen molar-refractivity contribution in [3.63, 3.8) is 0 Å². The van der Waals surface area contributed by atoms with Crippen LogP contribution < -0.4 is 16.0 Å². The molecule has 0 aliphatic carbocycles. The molecular weight excluding hydrogens is 260 g/mol. The fraction of sp³-hybridized carbons (Fsp3) is 0.467. The van der Waals surface area contributed by atoms with Crippen LogP contribution in [0.3, 0.4) is 0 Å².